The van der Waals surface area contributed by atoms with Crippen molar-refractivity contribution in [2.75, 3.05) is 13.7 Å². The molecule has 220 valence electrons. The van der Waals surface area contributed by atoms with Crippen LogP contribution in [0.2, 0.25) is 0 Å². The Morgan fingerprint density at radius 2 is 1.64 bits per heavy atom. The smallest absolute Gasteiger partial charge is 0.412 e. The minimum atomic E-state index is -1.46. The third-order valence-electron chi connectivity index (χ3n) is 8.07. The predicted octanol–water partition coefficient (Wildman–Crippen LogP) is 4.95. The van der Waals surface area contributed by atoms with Gasteiger partial charge in [-0.25, -0.2) is 9.59 Å². The van der Waals surface area contributed by atoms with E-state index in [0.717, 1.165) is 16.7 Å². The number of ether oxygens (including phenoxy) is 3. The van der Waals surface area contributed by atoms with Crippen molar-refractivity contribution in [3.8, 4) is 5.75 Å². The number of nitrogens with zero attached hydrogens (tertiary/aromatic N) is 2. The number of aliphatic hydroxyl groups is 1. The number of cyclic esters (lactones) is 1. The van der Waals surface area contributed by atoms with E-state index in [-0.39, 0.29) is 44.4 Å². The highest BCUT2D eigenvalue weighted by atomic mass is 16.6. The van der Waals surface area contributed by atoms with Crippen LogP contribution in [0.25, 0.3) is 0 Å². The van der Waals surface area contributed by atoms with Gasteiger partial charge in [0.1, 0.15) is 24.7 Å². The minimum absolute atomic E-state index is 0.00455. The van der Waals surface area contributed by atoms with Crippen molar-refractivity contribution in [3.05, 3.63) is 102 Å². The summed E-state index contributed by atoms with van der Waals surface area (Å²) < 4.78 is 16.1. The van der Waals surface area contributed by atoms with Crippen LogP contribution in [0, 0.1) is 5.92 Å². The van der Waals surface area contributed by atoms with E-state index in [1.165, 1.54) is 9.80 Å². The average Bonchev–Trinajstić information content (AvgIpc) is 3.50. The van der Waals surface area contributed by atoms with Crippen molar-refractivity contribution in [1.82, 2.24) is 9.80 Å². The number of Topliss-reactive ketones (excluding diaryl/α,β-unsaturated/α-hetero) is 1. The van der Waals surface area contributed by atoms with Gasteiger partial charge in [0.15, 0.2) is 5.78 Å². The Hall–Kier alpha value is -4.37. The van der Waals surface area contributed by atoms with Gasteiger partial charge in [0.2, 0.25) is 0 Å². The zero-order valence-electron chi connectivity index (χ0n) is 23.8. The summed E-state index contributed by atoms with van der Waals surface area (Å²) in [5.41, 5.74) is 1.20. The predicted molar refractivity (Wildman–Crippen MR) is 154 cm³/mol. The quantitative estimate of drug-likeness (QED) is 0.327. The molecule has 0 spiro atoms. The molecule has 3 aromatic rings. The average molecular weight is 573 g/mol. The molecule has 1 aliphatic carbocycles. The van der Waals surface area contributed by atoms with E-state index in [1.807, 2.05) is 72.8 Å². The summed E-state index contributed by atoms with van der Waals surface area (Å²) in [6.45, 7) is 2.06. The molecule has 5 rings (SSSR count). The van der Waals surface area contributed by atoms with Gasteiger partial charge in [-0.05, 0) is 42.2 Å². The van der Waals surface area contributed by atoms with Crippen LogP contribution in [0.3, 0.4) is 0 Å². The van der Waals surface area contributed by atoms with Crippen LogP contribution >= 0.6 is 0 Å². The molecule has 0 bridgehead atoms. The number of methoxy groups -OCH3 is 1. The van der Waals surface area contributed by atoms with E-state index in [9.17, 15) is 19.5 Å². The molecule has 3 aromatic carbocycles. The van der Waals surface area contributed by atoms with Crippen LogP contribution in [0.15, 0.2) is 84.9 Å². The fourth-order valence-electron chi connectivity index (χ4n) is 5.48. The van der Waals surface area contributed by atoms with Crippen molar-refractivity contribution < 1.29 is 33.7 Å². The molecule has 4 atom stereocenters. The van der Waals surface area contributed by atoms with Crippen LogP contribution in [0.1, 0.15) is 36.5 Å². The fourth-order valence-corrected chi connectivity index (χ4v) is 5.48. The molecule has 0 unspecified atom stereocenters. The van der Waals surface area contributed by atoms with E-state index in [0.29, 0.717) is 12.2 Å². The largest absolute Gasteiger partial charge is 0.497 e. The molecule has 42 heavy (non-hydrogen) atoms. The fraction of sp³-hybridized carbons (Fsp3) is 0.364. The van der Waals surface area contributed by atoms with Crippen molar-refractivity contribution in [2.45, 2.75) is 57.1 Å². The molecule has 9 heteroatoms. The molecule has 1 saturated heterocycles. The molecule has 1 saturated carbocycles. The number of rotatable bonds is 12. The van der Waals surface area contributed by atoms with Gasteiger partial charge in [0, 0.05) is 25.3 Å². The molecule has 9 nitrogen and oxygen atoms in total. The molecule has 2 amide bonds. The second-order valence-electron chi connectivity index (χ2n) is 10.9. The maximum Gasteiger partial charge on any atom is 0.412 e. The van der Waals surface area contributed by atoms with E-state index >= 15 is 0 Å². The lowest BCUT2D eigenvalue weighted by molar-refractivity contribution is -0.125. The highest BCUT2D eigenvalue weighted by Crippen LogP contribution is 2.51. The standard InChI is InChI=1S/C33H36N2O7/c1-23(34(20-25-13-15-29(40-2)16-14-25)31(37)41-21-26-11-7-4-8-12-26)30(36)18-27-19-33(27,39)35-28(22-42-32(35)38)17-24-9-5-3-6-10-24/h3-16,23,27-28,39H,17-22H2,1-2H3/t23-,27+,28-,33-/m0/s1. The van der Waals surface area contributed by atoms with Gasteiger partial charge < -0.3 is 19.3 Å². The second-order valence-corrected chi connectivity index (χ2v) is 10.9. The van der Waals surface area contributed by atoms with Gasteiger partial charge in [0.05, 0.1) is 19.2 Å². The summed E-state index contributed by atoms with van der Waals surface area (Å²) in [7, 11) is 1.58. The number of benzene rings is 3. The topological polar surface area (TPSA) is 106 Å². The third kappa shape index (κ3) is 6.57. The normalized spacial score (nSPS) is 21.8. The maximum atomic E-state index is 13.5. The Morgan fingerprint density at radius 3 is 2.29 bits per heavy atom. The maximum absolute atomic E-state index is 13.5. The van der Waals surface area contributed by atoms with Crippen molar-refractivity contribution in [1.29, 1.82) is 0 Å². The monoisotopic (exact) mass is 572 g/mol. The molecule has 2 aliphatic rings. The number of hydrogen-bond acceptors (Lipinski definition) is 7. The summed E-state index contributed by atoms with van der Waals surface area (Å²) in [6.07, 6.45) is -0.387. The van der Waals surface area contributed by atoms with Crippen LogP contribution in [0.4, 0.5) is 9.59 Å². The van der Waals surface area contributed by atoms with Gasteiger partial charge in [-0.2, -0.15) is 0 Å². The molecule has 2 fully saturated rings. The number of ketones is 1. The SMILES string of the molecule is COc1ccc(CN(C(=O)OCc2ccccc2)[C@@H](C)C(=O)C[C@@H]2C[C@@]2(O)N2C(=O)OC[C@@H]2Cc2ccccc2)cc1. The van der Waals surface area contributed by atoms with Crippen LogP contribution < -0.4 is 4.74 Å². The summed E-state index contributed by atoms with van der Waals surface area (Å²) in [5.74, 6) is -0.00655. The second kappa shape index (κ2) is 12.7. The molecule has 1 N–H and O–H groups in total. The zero-order chi connectivity index (χ0) is 29.7. The van der Waals surface area contributed by atoms with Crippen LogP contribution in [-0.2, 0) is 33.8 Å². The number of carbonyl (C=O) groups excluding carboxylic acids is 3. The first-order valence-electron chi connectivity index (χ1n) is 14.1. The molecule has 0 radical (unpaired) electrons. The molecule has 0 aromatic heterocycles. The molecule has 1 aliphatic heterocycles. The number of carbonyl (C=O) groups is 3. The van der Waals surface area contributed by atoms with Gasteiger partial charge >= 0.3 is 12.2 Å². The first-order chi connectivity index (χ1) is 20.3. The summed E-state index contributed by atoms with van der Waals surface area (Å²) >= 11 is 0. The first-order valence-corrected chi connectivity index (χ1v) is 14.1. The van der Waals surface area contributed by atoms with Crippen molar-refractivity contribution >= 4 is 18.0 Å². The Labute approximate surface area is 245 Å². The van der Waals surface area contributed by atoms with Crippen molar-refractivity contribution in [3.63, 3.8) is 0 Å². The Balaban J connectivity index is 1.26. The Bertz CT molecular complexity index is 1380. The van der Waals surface area contributed by atoms with Crippen LogP contribution in [-0.4, -0.2) is 64.4 Å². The van der Waals surface area contributed by atoms with Crippen LogP contribution in [0.5, 0.6) is 5.75 Å². The van der Waals surface area contributed by atoms with Gasteiger partial charge in [-0.15, -0.1) is 0 Å². The summed E-state index contributed by atoms with van der Waals surface area (Å²) in [4.78, 5) is 42.3. The van der Waals surface area contributed by atoms with E-state index < -0.39 is 29.9 Å². The summed E-state index contributed by atoms with van der Waals surface area (Å²) in [6, 6.07) is 25.1. The lowest BCUT2D eigenvalue weighted by atomic mass is 10.0. The first kappa shape index (κ1) is 29.1. The van der Waals surface area contributed by atoms with Crippen molar-refractivity contribution in [2.24, 2.45) is 5.92 Å². The summed E-state index contributed by atoms with van der Waals surface area (Å²) in [5, 5.41) is 11.4. The Morgan fingerprint density at radius 1 is 1.00 bits per heavy atom. The van der Waals surface area contributed by atoms with Gasteiger partial charge in [-0.3, -0.25) is 14.6 Å². The number of hydrogen-bond donors (Lipinski definition) is 1. The highest BCUT2D eigenvalue weighted by molar-refractivity contribution is 5.87. The molecular formula is C33H36N2O7. The third-order valence-corrected chi connectivity index (χ3v) is 8.07. The van der Waals surface area contributed by atoms with Gasteiger partial charge in [-0.1, -0.05) is 72.8 Å². The lowest BCUT2D eigenvalue weighted by Crippen LogP contribution is -2.47. The van der Waals surface area contributed by atoms with E-state index in [1.54, 1.807) is 26.2 Å². The Kier molecular flexibility index (Phi) is 8.77. The lowest BCUT2D eigenvalue weighted by Gasteiger charge is -2.29. The van der Waals surface area contributed by atoms with Gasteiger partial charge in [0.25, 0.3) is 0 Å². The number of amides is 2. The van der Waals surface area contributed by atoms with E-state index in [2.05, 4.69) is 0 Å². The molecular weight excluding hydrogens is 536 g/mol. The zero-order valence-corrected chi connectivity index (χ0v) is 23.8. The molecule has 1 heterocycles. The van der Waals surface area contributed by atoms with E-state index in [4.69, 9.17) is 14.2 Å². The highest BCUT2D eigenvalue weighted by Gasteiger charge is 2.63. The minimum Gasteiger partial charge on any atom is -0.497 e.